The molecule has 260 valence electrons. The van der Waals surface area contributed by atoms with E-state index in [4.69, 9.17) is 4.74 Å². The number of rotatable bonds is 9. The van der Waals surface area contributed by atoms with E-state index in [2.05, 4.69) is 116 Å². The standard InChI is InChI=1S/C23H25N.C21H28O3.ClH/c1-19(20-11-5-2-6-12-20)24-18-17-23(21-13-7-3-8-14-21)22-15-9-4-10-16-22;1-3-20(23)24-19-9-8-18-17-6-4-13-12-14(22)5-7-15(13)16(17)10-11-21(18,19)2;/h2-16,19,23-24H,17-18H2,1H3;5,7,12,16-19,22H,3-4,6,8-11H2,1-2H3;1H. The Morgan fingerprint density at radius 3 is 2.08 bits per heavy atom. The Hall–Kier alpha value is -3.60. The van der Waals surface area contributed by atoms with Gasteiger partial charge in [0, 0.05) is 23.8 Å². The Morgan fingerprint density at radius 2 is 1.47 bits per heavy atom. The number of halogens is 1. The lowest BCUT2D eigenvalue weighted by Crippen LogP contribution is -2.45. The molecule has 0 saturated heterocycles. The minimum absolute atomic E-state index is 0. The number of aromatic hydroxyl groups is 1. The Labute approximate surface area is 300 Å². The van der Waals surface area contributed by atoms with Crippen molar-refractivity contribution in [3.05, 3.63) is 137 Å². The van der Waals surface area contributed by atoms with Crippen LogP contribution in [0.2, 0.25) is 0 Å². The topological polar surface area (TPSA) is 58.6 Å². The predicted octanol–water partition coefficient (Wildman–Crippen LogP) is 10.6. The van der Waals surface area contributed by atoms with E-state index in [1.165, 1.54) is 47.1 Å². The third-order valence-corrected chi connectivity index (χ3v) is 11.8. The summed E-state index contributed by atoms with van der Waals surface area (Å²) in [6.07, 6.45) is 8.47. The molecular formula is C44H54ClNO3. The predicted molar refractivity (Wildman–Crippen MR) is 202 cm³/mol. The number of phenolic OH excluding ortho intramolecular Hbond substituents is 1. The number of fused-ring (bicyclic) bond motifs is 5. The van der Waals surface area contributed by atoms with E-state index in [-0.39, 0.29) is 29.9 Å². The highest BCUT2D eigenvalue weighted by Gasteiger charge is 2.56. The number of hydrogen-bond donors (Lipinski definition) is 2. The summed E-state index contributed by atoms with van der Waals surface area (Å²) >= 11 is 0. The first-order valence-corrected chi connectivity index (χ1v) is 18.3. The zero-order valence-electron chi connectivity index (χ0n) is 29.4. The first-order chi connectivity index (χ1) is 23.4. The molecule has 6 atom stereocenters. The monoisotopic (exact) mass is 679 g/mol. The van der Waals surface area contributed by atoms with Gasteiger partial charge in [0.05, 0.1) is 0 Å². The maximum Gasteiger partial charge on any atom is 0.305 e. The number of carbonyl (C=O) groups excluding carboxylic acids is 1. The minimum Gasteiger partial charge on any atom is -0.508 e. The third-order valence-electron chi connectivity index (χ3n) is 11.8. The zero-order valence-corrected chi connectivity index (χ0v) is 30.2. The molecule has 2 saturated carbocycles. The molecule has 0 aliphatic heterocycles. The van der Waals surface area contributed by atoms with E-state index >= 15 is 0 Å². The van der Waals surface area contributed by atoms with Crippen LogP contribution in [0.25, 0.3) is 0 Å². The first-order valence-electron chi connectivity index (χ1n) is 18.3. The lowest BCUT2D eigenvalue weighted by Gasteiger charge is -2.50. The second-order valence-corrected chi connectivity index (χ2v) is 14.5. The fourth-order valence-electron chi connectivity index (χ4n) is 9.16. The maximum absolute atomic E-state index is 11.8. The molecule has 3 aliphatic carbocycles. The number of aryl methyl sites for hydroxylation is 1. The van der Waals surface area contributed by atoms with Crippen molar-refractivity contribution in [3.63, 3.8) is 0 Å². The number of hydrogen-bond acceptors (Lipinski definition) is 4. The number of nitrogens with one attached hydrogen (secondary N) is 1. The van der Waals surface area contributed by atoms with Gasteiger partial charge in [-0.3, -0.25) is 4.79 Å². The van der Waals surface area contributed by atoms with E-state index < -0.39 is 0 Å². The fraction of sp³-hybridized carbons (Fsp3) is 0.432. The highest BCUT2D eigenvalue weighted by atomic mass is 35.5. The molecule has 0 amide bonds. The summed E-state index contributed by atoms with van der Waals surface area (Å²) in [5, 5.41) is 13.4. The molecule has 4 aromatic carbocycles. The van der Waals surface area contributed by atoms with Crippen LogP contribution in [0, 0.1) is 17.3 Å². The van der Waals surface area contributed by atoms with Gasteiger partial charge in [0.25, 0.3) is 0 Å². The average molecular weight is 680 g/mol. The molecule has 2 fully saturated rings. The molecular weight excluding hydrogens is 626 g/mol. The van der Waals surface area contributed by atoms with Gasteiger partial charge in [-0.05, 0) is 116 Å². The van der Waals surface area contributed by atoms with Gasteiger partial charge in [0.15, 0.2) is 0 Å². The molecule has 0 spiro atoms. The van der Waals surface area contributed by atoms with Crippen LogP contribution in [0.1, 0.15) is 111 Å². The van der Waals surface area contributed by atoms with Crippen LogP contribution in [-0.2, 0) is 16.0 Å². The molecule has 4 nitrogen and oxygen atoms in total. The van der Waals surface area contributed by atoms with Crippen molar-refractivity contribution in [2.75, 3.05) is 6.54 Å². The molecule has 2 N–H and O–H groups in total. The van der Waals surface area contributed by atoms with Crippen molar-refractivity contribution >= 4 is 18.4 Å². The molecule has 3 aliphatic rings. The molecule has 0 heterocycles. The molecule has 5 heteroatoms. The van der Waals surface area contributed by atoms with Gasteiger partial charge in [-0.15, -0.1) is 12.4 Å². The lowest BCUT2D eigenvalue weighted by molar-refractivity contribution is -0.157. The zero-order chi connectivity index (χ0) is 33.5. The molecule has 49 heavy (non-hydrogen) atoms. The molecule has 6 unspecified atom stereocenters. The average Bonchev–Trinajstić information content (AvgIpc) is 3.46. The van der Waals surface area contributed by atoms with E-state index in [1.807, 2.05) is 19.1 Å². The minimum atomic E-state index is -0.0477. The van der Waals surface area contributed by atoms with Crippen LogP contribution in [0.3, 0.4) is 0 Å². The summed E-state index contributed by atoms with van der Waals surface area (Å²) in [6, 6.07) is 38.6. The number of esters is 1. The van der Waals surface area contributed by atoms with Gasteiger partial charge < -0.3 is 15.2 Å². The van der Waals surface area contributed by atoms with Crippen molar-refractivity contribution in [2.24, 2.45) is 17.3 Å². The normalized spacial score (nSPS) is 24.2. The Bertz CT molecular complexity index is 1570. The summed E-state index contributed by atoms with van der Waals surface area (Å²) in [7, 11) is 0. The van der Waals surface area contributed by atoms with E-state index in [9.17, 15) is 9.90 Å². The van der Waals surface area contributed by atoms with E-state index in [1.54, 1.807) is 0 Å². The second kappa shape index (κ2) is 16.9. The number of ether oxygens (including phenoxy) is 1. The van der Waals surface area contributed by atoms with Crippen LogP contribution >= 0.6 is 12.4 Å². The summed E-state index contributed by atoms with van der Waals surface area (Å²) in [5.74, 6) is 2.75. The van der Waals surface area contributed by atoms with Crippen molar-refractivity contribution in [1.29, 1.82) is 0 Å². The number of phenols is 1. The summed E-state index contributed by atoms with van der Waals surface area (Å²) in [4.78, 5) is 11.8. The van der Waals surface area contributed by atoms with Gasteiger partial charge >= 0.3 is 5.97 Å². The van der Waals surface area contributed by atoms with Gasteiger partial charge in [0.1, 0.15) is 11.9 Å². The maximum atomic E-state index is 11.8. The quantitative estimate of drug-likeness (QED) is 0.173. The van der Waals surface area contributed by atoms with Crippen molar-refractivity contribution in [2.45, 2.75) is 96.1 Å². The fourth-order valence-corrected chi connectivity index (χ4v) is 9.16. The summed E-state index contributed by atoms with van der Waals surface area (Å²) in [6.45, 7) is 7.46. The van der Waals surface area contributed by atoms with Crippen LogP contribution in [0.15, 0.2) is 109 Å². The van der Waals surface area contributed by atoms with E-state index in [0.717, 1.165) is 32.2 Å². The molecule has 0 bridgehead atoms. The Morgan fingerprint density at radius 1 is 0.857 bits per heavy atom. The summed E-state index contributed by atoms with van der Waals surface area (Å²) in [5.41, 5.74) is 7.07. The van der Waals surface area contributed by atoms with Gasteiger partial charge in [0.2, 0.25) is 0 Å². The number of carbonyl (C=O) groups is 1. The van der Waals surface area contributed by atoms with Crippen LogP contribution in [-0.4, -0.2) is 23.7 Å². The Balaban J connectivity index is 0.000000187. The van der Waals surface area contributed by atoms with Gasteiger partial charge in [-0.1, -0.05) is 111 Å². The third kappa shape index (κ3) is 8.41. The van der Waals surface area contributed by atoms with Crippen LogP contribution < -0.4 is 5.32 Å². The molecule has 0 radical (unpaired) electrons. The first kappa shape index (κ1) is 36.7. The van der Waals surface area contributed by atoms with Crippen molar-refractivity contribution in [1.82, 2.24) is 5.32 Å². The highest BCUT2D eigenvalue weighted by Crippen LogP contribution is 2.61. The van der Waals surface area contributed by atoms with Crippen molar-refractivity contribution < 1.29 is 14.6 Å². The van der Waals surface area contributed by atoms with Crippen LogP contribution in [0.5, 0.6) is 5.75 Å². The molecule has 0 aromatic heterocycles. The Kier molecular flexibility index (Phi) is 12.6. The molecule has 4 aromatic rings. The van der Waals surface area contributed by atoms with Gasteiger partial charge in [-0.2, -0.15) is 0 Å². The largest absolute Gasteiger partial charge is 0.508 e. The highest BCUT2D eigenvalue weighted by molar-refractivity contribution is 5.85. The van der Waals surface area contributed by atoms with E-state index in [0.29, 0.717) is 41.9 Å². The second-order valence-electron chi connectivity index (χ2n) is 14.5. The smallest absolute Gasteiger partial charge is 0.305 e. The lowest BCUT2D eigenvalue weighted by atomic mass is 9.55. The van der Waals surface area contributed by atoms with Gasteiger partial charge in [-0.25, -0.2) is 0 Å². The van der Waals surface area contributed by atoms with Crippen molar-refractivity contribution in [3.8, 4) is 5.75 Å². The summed E-state index contributed by atoms with van der Waals surface area (Å²) < 4.78 is 5.83. The number of benzene rings is 4. The SMILES string of the molecule is CC(NCCC(c1ccccc1)c1ccccc1)c1ccccc1.CCC(=O)OC1CCC2C3CCc4cc(O)ccc4C3CCC12C.Cl. The molecule has 7 rings (SSSR count). The van der Waals surface area contributed by atoms with Crippen LogP contribution in [0.4, 0.5) is 0 Å².